The molecule has 0 saturated heterocycles. The molecule has 1 aliphatic rings. The smallest absolute Gasteiger partial charge is 0.236 e. The molecule has 0 fully saturated rings. The van der Waals surface area contributed by atoms with E-state index in [0.717, 1.165) is 9.79 Å². The normalized spacial score (nSPS) is 13.3. The van der Waals surface area contributed by atoms with Gasteiger partial charge in [0.15, 0.2) is 0 Å². The first-order chi connectivity index (χ1) is 9.50. The molecule has 0 atom stereocenters. The molecule has 0 N–H and O–H groups in total. The van der Waals surface area contributed by atoms with E-state index in [9.17, 15) is 8.42 Å². The lowest BCUT2D eigenvalue weighted by Crippen LogP contribution is -2.27. The Balaban J connectivity index is 2.31. The molecule has 0 unspecified atom stereocenters. The van der Waals surface area contributed by atoms with E-state index in [1.807, 2.05) is 18.2 Å². The van der Waals surface area contributed by atoms with Crippen molar-refractivity contribution < 1.29 is 8.42 Å². The van der Waals surface area contributed by atoms with Gasteiger partial charge < -0.3 is 0 Å². The molecule has 0 spiro atoms. The van der Waals surface area contributed by atoms with E-state index in [0.29, 0.717) is 16.9 Å². The molecule has 20 heavy (non-hydrogen) atoms. The topological polar surface area (TPSA) is 61.2 Å². The lowest BCUT2D eigenvalue weighted by Gasteiger charge is -2.30. The first-order valence-corrected chi connectivity index (χ1v) is 8.48. The van der Waals surface area contributed by atoms with Crippen molar-refractivity contribution in [2.75, 3.05) is 10.6 Å². The lowest BCUT2D eigenvalue weighted by molar-refractivity contribution is 0.601. The van der Waals surface area contributed by atoms with Gasteiger partial charge in [-0.2, -0.15) is 5.26 Å². The average molecular weight is 302 g/mol. The number of sulfonamides is 1. The van der Waals surface area contributed by atoms with Gasteiger partial charge in [0.25, 0.3) is 0 Å². The highest BCUT2D eigenvalue weighted by Gasteiger charge is 2.29. The van der Waals surface area contributed by atoms with E-state index < -0.39 is 10.0 Å². The van der Waals surface area contributed by atoms with Gasteiger partial charge in [-0.05, 0) is 30.3 Å². The maximum Gasteiger partial charge on any atom is 0.236 e. The Bertz CT molecular complexity index is 838. The van der Waals surface area contributed by atoms with Gasteiger partial charge in [-0.25, -0.2) is 12.7 Å². The van der Waals surface area contributed by atoms with Crippen LogP contribution < -0.4 is 4.31 Å². The Morgan fingerprint density at radius 1 is 1.10 bits per heavy atom. The maximum absolute atomic E-state index is 12.1. The minimum atomic E-state index is -3.47. The van der Waals surface area contributed by atoms with Crippen molar-refractivity contribution in [2.24, 2.45) is 0 Å². The molecule has 1 heterocycles. The van der Waals surface area contributed by atoms with E-state index in [4.69, 9.17) is 5.26 Å². The summed E-state index contributed by atoms with van der Waals surface area (Å²) in [7, 11) is -3.47. The third-order valence-electron chi connectivity index (χ3n) is 2.94. The summed E-state index contributed by atoms with van der Waals surface area (Å²) in [6.07, 6.45) is 1.17. The van der Waals surface area contributed by atoms with Crippen LogP contribution in [0.4, 0.5) is 11.4 Å². The van der Waals surface area contributed by atoms with Crippen molar-refractivity contribution in [1.29, 1.82) is 5.26 Å². The van der Waals surface area contributed by atoms with E-state index >= 15 is 0 Å². The molecule has 0 aliphatic carbocycles. The summed E-state index contributed by atoms with van der Waals surface area (Å²) < 4.78 is 25.6. The highest BCUT2D eigenvalue weighted by molar-refractivity contribution is 8.00. The molecule has 0 amide bonds. The van der Waals surface area contributed by atoms with Crippen molar-refractivity contribution in [3.05, 3.63) is 48.0 Å². The van der Waals surface area contributed by atoms with Gasteiger partial charge in [0, 0.05) is 9.79 Å². The number of rotatable bonds is 1. The molecule has 3 rings (SSSR count). The Morgan fingerprint density at radius 2 is 1.80 bits per heavy atom. The highest BCUT2D eigenvalue weighted by Crippen LogP contribution is 2.49. The number of anilines is 2. The summed E-state index contributed by atoms with van der Waals surface area (Å²) >= 11 is 1.51. The van der Waals surface area contributed by atoms with Crippen molar-refractivity contribution >= 4 is 33.2 Å². The van der Waals surface area contributed by atoms with Crippen LogP contribution in [0.1, 0.15) is 5.56 Å². The molecule has 2 aromatic rings. The molecular formula is C14H10N2O2S2. The molecular weight excluding hydrogens is 292 g/mol. The van der Waals surface area contributed by atoms with Crippen molar-refractivity contribution in [3.63, 3.8) is 0 Å². The van der Waals surface area contributed by atoms with E-state index in [1.165, 1.54) is 22.3 Å². The van der Waals surface area contributed by atoms with Crippen molar-refractivity contribution in [1.82, 2.24) is 0 Å². The third kappa shape index (κ3) is 2.05. The molecule has 2 aromatic carbocycles. The maximum atomic E-state index is 12.1. The van der Waals surface area contributed by atoms with Crippen LogP contribution in [0.15, 0.2) is 52.3 Å². The number of nitrogens with zero attached hydrogens (tertiary/aromatic N) is 2. The molecule has 1 aliphatic heterocycles. The average Bonchev–Trinajstić information content (AvgIpc) is 2.42. The summed E-state index contributed by atoms with van der Waals surface area (Å²) in [5.41, 5.74) is 1.61. The number of fused-ring (bicyclic) bond motifs is 2. The SMILES string of the molecule is CS(=O)(=O)N1c2ccccc2Sc2ccc(C#N)cc21. The Kier molecular flexibility index (Phi) is 2.96. The fourth-order valence-electron chi connectivity index (χ4n) is 2.15. The van der Waals surface area contributed by atoms with Crippen LogP contribution in [0.3, 0.4) is 0 Å². The second kappa shape index (κ2) is 4.54. The van der Waals surface area contributed by atoms with Gasteiger partial charge in [0.05, 0.1) is 29.3 Å². The van der Waals surface area contributed by atoms with Crippen LogP contribution in [0.5, 0.6) is 0 Å². The monoisotopic (exact) mass is 302 g/mol. The van der Waals surface area contributed by atoms with Gasteiger partial charge in [-0.1, -0.05) is 23.9 Å². The quantitative estimate of drug-likeness (QED) is 0.812. The number of nitriles is 1. The van der Waals surface area contributed by atoms with Crippen molar-refractivity contribution in [2.45, 2.75) is 9.79 Å². The first-order valence-electron chi connectivity index (χ1n) is 5.82. The number of hydrogen-bond acceptors (Lipinski definition) is 4. The van der Waals surface area contributed by atoms with Crippen LogP contribution in [0.25, 0.3) is 0 Å². The predicted molar refractivity (Wildman–Crippen MR) is 78.7 cm³/mol. The third-order valence-corrected chi connectivity index (χ3v) is 5.13. The Labute approximate surface area is 121 Å². The van der Waals surface area contributed by atoms with Crippen LogP contribution in [0.2, 0.25) is 0 Å². The standard InChI is InChI=1S/C14H10N2O2S2/c1-20(17,18)16-11-4-2-3-5-13(11)19-14-7-6-10(9-15)8-12(14)16/h2-8H,1H3. The van der Waals surface area contributed by atoms with Crippen molar-refractivity contribution in [3.8, 4) is 6.07 Å². The van der Waals surface area contributed by atoms with Gasteiger partial charge in [0.1, 0.15) is 0 Å². The first kappa shape index (κ1) is 13.0. The zero-order valence-corrected chi connectivity index (χ0v) is 12.2. The fraction of sp³-hybridized carbons (Fsp3) is 0.0714. The minimum Gasteiger partial charge on any atom is -0.236 e. The summed E-state index contributed by atoms with van der Waals surface area (Å²) in [4.78, 5) is 1.71. The zero-order valence-electron chi connectivity index (χ0n) is 10.6. The molecule has 100 valence electrons. The molecule has 0 bridgehead atoms. The number of benzene rings is 2. The second-order valence-electron chi connectivity index (χ2n) is 4.39. The summed E-state index contributed by atoms with van der Waals surface area (Å²) in [6, 6.07) is 14.5. The number of hydrogen-bond donors (Lipinski definition) is 0. The van der Waals surface area contributed by atoms with Crippen LogP contribution in [-0.2, 0) is 10.0 Å². The molecule has 4 nitrogen and oxygen atoms in total. The van der Waals surface area contributed by atoms with Gasteiger partial charge in [-0.15, -0.1) is 0 Å². The Hall–Kier alpha value is -1.97. The van der Waals surface area contributed by atoms with E-state index in [2.05, 4.69) is 0 Å². The van der Waals surface area contributed by atoms with Gasteiger partial charge in [0.2, 0.25) is 10.0 Å². The molecule has 6 heteroatoms. The second-order valence-corrected chi connectivity index (χ2v) is 7.31. The van der Waals surface area contributed by atoms with Crippen LogP contribution in [-0.4, -0.2) is 14.7 Å². The zero-order chi connectivity index (χ0) is 14.3. The highest BCUT2D eigenvalue weighted by atomic mass is 32.2. The largest absolute Gasteiger partial charge is 0.236 e. The Morgan fingerprint density at radius 3 is 2.50 bits per heavy atom. The van der Waals surface area contributed by atoms with E-state index in [-0.39, 0.29) is 0 Å². The molecule has 0 saturated carbocycles. The van der Waals surface area contributed by atoms with Crippen LogP contribution in [0, 0.1) is 11.3 Å². The van der Waals surface area contributed by atoms with Gasteiger partial charge >= 0.3 is 0 Å². The number of para-hydroxylation sites is 1. The predicted octanol–water partition coefficient (Wildman–Crippen LogP) is 3.12. The fourth-order valence-corrected chi connectivity index (χ4v) is 4.33. The summed E-state index contributed by atoms with van der Waals surface area (Å²) in [6.45, 7) is 0. The van der Waals surface area contributed by atoms with Gasteiger partial charge in [-0.3, -0.25) is 0 Å². The molecule has 0 radical (unpaired) electrons. The summed E-state index contributed by atoms with van der Waals surface area (Å²) in [5, 5.41) is 9.00. The van der Waals surface area contributed by atoms with E-state index in [1.54, 1.807) is 30.3 Å². The lowest BCUT2D eigenvalue weighted by atomic mass is 10.2. The minimum absolute atomic E-state index is 0.442. The molecule has 0 aromatic heterocycles. The summed E-state index contributed by atoms with van der Waals surface area (Å²) in [5.74, 6) is 0. The van der Waals surface area contributed by atoms with Crippen LogP contribution >= 0.6 is 11.8 Å².